The van der Waals surface area contributed by atoms with Crippen LogP contribution in [0.4, 0.5) is 0 Å². The fraction of sp³-hybridized carbons (Fsp3) is 0.886. The van der Waals surface area contributed by atoms with Crippen LogP contribution in [0.3, 0.4) is 0 Å². The Bertz CT molecular complexity index is 588. The first-order valence-corrected chi connectivity index (χ1v) is 17.2. The third-order valence-corrected chi connectivity index (χ3v) is 7.86. The van der Waals surface area contributed by atoms with Crippen molar-refractivity contribution in [3.05, 3.63) is 12.2 Å². The molecule has 0 saturated heterocycles. The molecule has 0 heterocycles. The van der Waals surface area contributed by atoms with Gasteiger partial charge in [0.2, 0.25) is 0 Å². The molecule has 0 aromatic carbocycles. The first-order chi connectivity index (χ1) is 19.5. The van der Waals surface area contributed by atoms with Crippen LogP contribution >= 0.6 is 0 Å². The number of hydrogen-bond donors (Lipinski definition) is 2. The topological polar surface area (TPSA) is 83.8 Å². The highest BCUT2D eigenvalue weighted by atomic mass is 16.5. The molecule has 2 unspecified atom stereocenters. The summed E-state index contributed by atoms with van der Waals surface area (Å²) in [5.74, 6) is -0.581. The van der Waals surface area contributed by atoms with Crippen LogP contribution in [0.1, 0.15) is 174 Å². The SMILES string of the molecule is CCCCCC/C=C\CCCCCC(CC(=O)OCC(O)CO)C(=O)CCCCCCCCCCCCCCC. The molecule has 0 aliphatic carbocycles. The maximum atomic E-state index is 13.0. The number of Topliss-reactive ketones (excluding diaryl/α,β-unsaturated/α-hetero) is 1. The van der Waals surface area contributed by atoms with Gasteiger partial charge in [-0.1, -0.05) is 135 Å². The van der Waals surface area contributed by atoms with Crippen molar-refractivity contribution in [1.82, 2.24) is 0 Å². The van der Waals surface area contributed by atoms with Crippen molar-refractivity contribution in [2.24, 2.45) is 5.92 Å². The summed E-state index contributed by atoms with van der Waals surface area (Å²) in [6.07, 6.45) is 32.0. The van der Waals surface area contributed by atoms with Crippen LogP contribution in [0, 0.1) is 5.92 Å². The van der Waals surface area contributed by atoms with E-state index in [0.29, 0.717) is 6.42 Å². The number of ketones is 1. The van der Waals surface area contributed by atoms with E-state index in [1.807, 2.05) is 0 Å². The number of carbonyl (C=O) groups is 2. The van der Waals surface area contributed by atoms with Gasteiger partial charge in [-0.05, 0) is 38.5 Å². The summed E-state index contributed by atoms with van der Waals surface area (Å²) in [5, 5.41) is 18.4. The zero-order valence-corrected chi connectivity index (χ0v) is 26.5. The molecular weight excluding hydrogens is 500 g/mol. The molecular formula is C35H66O5. The largest absolute Gasteiger partial charge is 0.463 e. The van der Waals surface area contributed by atoms with Crippen molar-refractivity contribution in [1.29, 1.82) is 0 Å². The van der Waals surface area contributed by atoms with Gasteiger partial charge < -0.3 is 14.9 Å². The highest BCUT2D eigenvalue weighted by Gasteiger charge is 2.22. The number of aliphatic hydroxyl groups is 2. The number of unbranched alkanes of at least 4 members (excludes halogenated alkanes) is 19. The molecule has 0 aliphatic rings. The normalized spacial score (nSPS) is 13.1. The summed E-state index contributed by atoms with van der Waals surface area (Å²) in [4.78, 5) is 25.3. The van der Waals surface area contributed by atoms with Gasteiger partial charge in [0.1, 0.15) is 18.5 Å². The first-order valence-electron chi connectivity index (χ1n) is 17.2. The minimum Gasteiger partial charge on any atom is -0.463 e. The quantitative estimate of drug-likeness (QED) is 0.0496. The predicted molar refractivity (Wildman–Crippen MR) is 168 cm³/mol. The smallest absolute Gasteiger partial charge is 0.306 e. The van der Waals surface area contributed by atoms with E-state index in [0.717, 1.165) is 44.9 Å². The Kier molecular flexibility index (Phi) is 29.8. The van der Waals surface area contributed by atoms with Gasteiger partial charge in [-0.2, -0.15) is 0 Å². The Labute approximate surface area is 247 Å². The Morgan fingerprint density at radius 3 is 1.60 bits per heavy atom. The van der Waals surface area contributed by atoms with Crippen LogP contribution in [-0.4, -0.2) is 41.3 Å². The number of allylic oxidation sites excluding steroid dienone is 2. The van der Waals surface area contributed by atoms with Gasteiger partial charge in [-0.25, -0.2) is 0 Å². The van der Waals surface area contributed by atoms with Gasteiger partial charge in [0.05, 0.1) is 13.0 Å². The Morgan fingerprint density at radius 1 is 0.650 bits per heavy atom. The van der Waals surface area contributed by atoms with Crippen molar-refractivity contribution in [2.75, 3.05) is 13.2 Å². The molecule has 2 N–H and O–H groups in total. The number of aliphatic hydroxyl groups excluding tert-OH is 2. The van der Waals surface area contributed by atoms with Gasteiger partial charge in [0.15, 0.2) is 0 Å². The van der Waals surface area contributed by atoms with Crippen LogP contribution in [-0.2, 0) is 14.3 Å². The maximum absolute atomic E-state index is 13.0. The number of ether oxygens (including phenoxy) is 1. The zero-order chi connectivity index (χ0) is 29.5. The van der Waals surface area contributed by atoms with Gasteiger partial charge in [0, 0.05) is 12.3 Å². The highest BCUT2D eigenvalue weighted by Crippen LogP contribution is 2.21. The number of carbonyl (C=O) groups excluding carboxylic acids is 2. The van der Waals surface area contributed by atoms with Crippen LogP contribution in [0.15, 0.2) is 12.2 Å². The summed E-state index contributed by atoms with van der Waals surface area (Å²) < 4.78 is 5.09. The summed E-state index contributed by atoms with van der Waals surface area (Å²) >= 11 is 0. The van der Waals surface area contributed by atoms with Crippen molar-refractivity contribution in [2.45, 2.75) is 180 Å². The summed E-state index contributed by atoms with van der Waals surface area (Å²) in [6, 6.07) is 0. The van der Waals surface area contributed by atoms with E-state index in [1.54, 1.807) is 0 Å². The van der Waals surface area contributed by atoms with E-state index in [4.69, 9.17) is 9.84 Å². The first kappa shape index (κ1) is 38.8. The van der Waals surface area contributed by atoms with Crippen molar-refractivity contribution in [3.63, 3.8) is 0 Å². The molecule has 0 radical (unpaired) electrons. The van der Waals surface area contributed by atoms with Crippen LogP contribution in [0.5, 0.6) is 0 Å². The molecule has 0 bridgehead atoms. The molecule has 5 heteroatoms. The lowest BCUT2D eigenvalue weighted by atomic mass is 9.90. The van der Waals surface area contributed by atoms with Crippen LogP contribution < -0.4 is 0 Å². The summed E-state index contributed by atoms with van der Waals surface area (Å²) in [6.45, 7) is 3.83. The van der Waals surface area contributed by atoms with E-state index in [2.05, 4.69) is 26.0 Å². The Balaban J connectivity index is 4.17. The molecule has 0 fully saturated rings. The lowest BCUT2D eigenvalue weighted by molar-refractivity contribution is -0.150. The van der Waals surface area contributed by atoms with Crippen molar-refractivity contribution >= 4 is 11.8 Å². The third kappa shape index (κ3) is 27.0. The second kappa shape index (κ2) is 30.8. The molecule has 0 spiro atoms. The van der Waals surface area contributed by atoms with E-state index >= 15 is 0 Å². The summed E-state index contributed by atoms with van der Waals surface area (Å²) in [7, 11) is 0. The van der Waals surface area contributed by atoms with E-state index < -0.39 is 18.7 Å². The van der Waals surface area contributed by atoms with Crippen molar-refractivity contribution < 1.29 is 24.5 Å². The lowest BCUT2D eigenvalue weighted by Gasteiger charge is -2.16. The van der Waals surface area contributed by atoms with Gasteiger partial charge in [-0.15, -0.1) is 0 Å². The molecule has 40 heavy (non-hydrogen) atoms. The second-order valence-corrected chi connectivity index (χ2v) is 11.8. The molecule has 2 atom stereocenters. The fourth-order valence-electron chi connectivity index (χ4n) is 5.15. The highest BCUT2D eigenvalue weighted by molar-refractivity contribution is 5.85. The Morgan fingerprint density at radius 2 is 1.10 bits per heavy atom. The number of hydrogen-bond acceptors (Lipinski definition) is 5. The minimum atomic E-state index is -1.07. The number of esters is 1. The molecule has 0 aromatic heterocycles. The minimum absolute atomic E-state index is 0.0765. The molecule has 0 aromatic rings. The maximum Gasteiger partial charge on any atom is 0.306 e. The van der Waals surface area contributed by atoms with Crippen LogP contribution in [0.25, 0.3) is 0 Å². The standard InChI is InChI=1S/C35H66O5/c1-3-5-7-9-11-13-15-16-18-20-22-24-26-28-34(38)32(29-35(39)40-31-33(37)30-36)27-25-23-21-19-17-14-12-10-8-6-4-2/h14,17,32-33,36-37H,3-13,15-16,18-31H2,1-2H3/b17-14-. The van der Waals surface area contributed by atoms with Gasteiger partial charge in [0.25, 0.3) is 0 Å². The predicted octanol–water partition coefficient (Wildman–Crippen LogP) is 9.42. The molecule has 0 amide bonds. The third-order valence-electron chi connectivity index (χ3n) is 7.86. The van der Waals surface area contributed by atoms with Gasteiger partial charge >= 0.3 is 5.97 Å². The fourth-order valence-corrected chi connectivity index (χ4v) is 5.15. The average Bonchev–Trinajstić information content (AvgIpc) is 2.96. The molecule has 0 aliphatic heterocycles. The summed E-state index contributed by atoms with van der Waals surface area (Å²) in [5.41, 5.74) is 0. The van der Waals surface area contributed by atoms with Crippen LogP contribution in [0.2, 0.25) is 0 Å². The molecule has 0 saturated carbocycles. The van der Waals surface area contributed by atoms with E-state index in [9.17, 15) is 14.7 Å². The molecule has 236 valence electrons. The zero-order valence-electron chi connectivity index (χ0n) is 26.5. The van der Waals surface area contributed by atoms with Crippen molar-refractivity contribution in [3.8, 4) is 0 Å². The molecule has 5 nitrogen and oxygen atoms in total. The van der Waals surface area contributed by atoms with Gasteiger partial charge in [-0.3, -0.25) is 9.59 Å². The monoisotopic (exact) mass is 566 g/mol. The van der Waals surface area contributed by atoms with E-state index in [-0.39, 0.29) is 24.7 Å². The van der Waals surface area contributed by atoms with E-state index in [1.165, 1.54) is 103 Å². The second-order valence-electron chi connectivity index (χ2n) is 11.8. The molecule has 0 rings (SSSR count). The number of rotatable bonds is 31. The Hall–Kier alpha value is -1.20. The average molecular weight is 567 g/mol. The lowest BCUT2D eigenvalue weighted by Crippen LogP contribution is -2.25.